The molecule has 9 heteroatoms. The Labute approximate surface area is 154 Å². The first kappa shape index (κ1) is 19.4. The molecule has 2 aliphatic rings. The number of alkyl halides is 3. The van der Waals surface area contributed by atoms with Crippen LogP contribution < -0.4 is 10.6 Å². The number of halogens is 3. The van der Waals surface area contributed by atoms with Gasteiger partial charge in [0.1, 0.15) is 5.82 Å². The number of ether oxygens (including phenoxy) is 1. The van der Waals surface area contributed by atoms with E-state index in [4.69, 9.17) is 4.74 Å². The molecule has 1 amide bonds. The third kappa shape index (κ3) is 5.83. The molecule has 0 bridgehead atoms. The van der Waals surface area contributed by atoms with Crippen LogP contribution in [0.5, 0.6) is 0 Å². The fourth-order valence-electron chi connectivity index (χ4n) is 3.14. The van der Waals surface area contributed by atoms with Crippen molar-refractivity contribution in [1.29, 1.82) is 0 Å². The SMILES string of the molecule is O=C(COC(=O)c1ccc(NC2CC2)nc1)N[C@@H]1CCC[C@@H](C(F)(F)F)C1. The van der Waals surface area contributed by atoms with Gasteiger partial charge < -0.3 is 15.4 Å². The van der Waals surface area contributed by atoms with Crippen molar-refractivity contribution in [2.45, 2.75) is 56.8 Å². The summed E-state index contributed by atoms with van der Waals surface area (Å²) in [5, 5.41) is 5.71. The van der Waals surface area contributed by atoms with Gasteiger partial charge in [-0.25, -0.2) is 9.78 Å². The molecule has 0 saturated heterocycles. The van der Waals surface area contributed by atoms with Crippen LogP contribution in [0, 0.1) is 5.92 Å². The van der Waals surface area contributed by atoms with E-state index in [0.29, 0.717) is 24.7 Å². The Kier molecular flexibility index (Phi) is 5.86. The van der Waals surface area contributed by atoms with Crippen molar-refractivity contribution in [3.05, 3.63) is 23.9 Å². The Hall–Kier alpha value is -2.32. The van der Waals surface area contributed by atoms with Gasteiger partial charge in [-0.3, -0.25) is 4.79 Å². The van der Waals surface area contributed by atoms with E-state index in [9.17, 15) is 22.8 Å². The summed E-state index contributed by atoms with van der Waals surface area (Å²) in [6.45, 7) is -0.534. The van der Waals surface area contributed by atoms with Gasteiger partial charge >= 0.3 is 12.1 Å². The first-order chi connectivity index (χ1) is 12.8. The number of hydrogen-bond donors (Lipinski definition) is 2. The van der Waals surface area contributed by atoms with Gasteiger partial charge in [0.05, 0.1) is 11.5 Å². The minimum Gasteiger partial charge on any atom is -0.452 e. The molecule has 2 atom stereocenters. The smallest absolute Gasteiger partial charge is 0.391 e. The largest absolute Gasteiger partial charge is 0.452 e. The molecule has 2 N–H and O–H groups in total. The molecule has 2 saturated carbocycles. The van der Waals surface area contributed by atoms with Crippen molar-refractivity contribution in [3.63, 3.8) is 0 Å². The standard InChI is InChI=1S/C18H22F3N3O3/c19-18(20,21)12-2-1-3-14(8-12)24-16(25)10-27-17(26)11-4-7-15(22-9-11)23-13-5-6-13/h4,7,9,12-14H,1-3,5-6,8,10H2,(H,22,23)(H,24,25)/t12-,14-/m1/s1. The highest BCUT2D eigenvalue weighted by molar-refractivity contribution is 5.91. The van der Waals surface area contributed by atoms with Crippen LogP contribution in [0.25, 0.3) is 0 Å². The molecule has 1 aromatic heterocycles. The van der Waals surface area contributed by atoms with Crippen molar-refractivity contribution < 1.29 is 27.5 Å². The van der Waals surface area contributed by atoms with Crippen LogP contribution in [0.4, 0.5) is 19.0 Å². The highest BCUT2D eigenvalue weighted by atomic mass is 19.4. The second-order valence-electron chi connectivity index (χ2n) is 7.10. The number of nitrogens with one attached hydrogen (secondary N) is 2. The maximum atomic E-state index is 12.8. The van der Waals surface area contributed by atoms with Gasteiger partial charge in [0, 0.05) is 18.3 Å². The number of amides is 1. The van der Waals surface area contributed by atoms with Crippen molar-refractivity contribution in [3.8, 4) is 0 Å². The van der Waals surface area contributed by atoms with Crippen LogP contribution in [-0.2, 0) is 9.53 Å². The van der Waals surface area contributed by atoms with E-state index < -0.39 is 36.6 Å². The van der Waals surface area contributed by atoms with Crippen molar-refractivity contribution in [2.75, 3.05) is 11.9 Å². The number of esters is 1. The Morgan fingerprint density at radius 2 is 1.93 bits per heavy atom. The lowest BCUT2D eigenvalue weighted by atomic mass is 9.85. The van der Waals surface area contributed by atoms with Crippen LogP contribution in [-0.4, -0.2) is 41.7 Å². The fourth-order valence-corrected chi connectivity index (χ4v) is 3.14. The number of aromatic nitrogens is 1. The van der Waals surface area contributed by atoms with Crippen LogP contribution >= 0.6 is 0 Å². The summed E-state index contributed by atoms with van der Waals surface area (Å²) < 4.78 is 43.3. The Bertz CT molecular complexity index is 675. The van der Waals surface area contributed by atoms with E-state index in [0.717, 1.165) is 12.8 Å². The maximum Gasteiger partial charge on any atom is 0.391 e. The van der Waals surface area contributed by atoms with E-state index in [1.165, 1.54) is 6.20 Å². The third-order valence-corrected chi connectivity index (χ3v) is 4.77. The zero-order valence-corrected chi connectivity index (χ0v) is 14.7. The molecule has 1 aromatic rings. The average molecular weight is 385 g/mol. The van der Waals surface area contributed by atoms with E-state index in [-0.39, 0.29) is 18.4 Å². The fraction of sp³-hybridized carbons (Fsp3) is 0.611. The quantitative estimate of drug-likeness (QED) is 0.736. The Balaban J connectivity index is 1.42. The van der Waals surface area contributed by atoms with Gasteiger partial charge in [-0.15, -0.1) is 0 Å². The highest BCUT2D eigenvalue weighted by Crippen LogP contribution is 2.37. The van der Waals surface area contributed by atoms with Crippen molar-refractivity contribution in [1.82, 2.24) is 10.3 Å². The first-order valence-corrected chi connectivity index (χ1v) is 9.07. The second kappa shape index (κ2) is 8.14. The van der Waals surface area contributed by atoms with Gasteiger partial charge in [-0.1, -0.05) is 6.42 Å². The lowest BCUT2D eigenvalue weighted by Gasteiger charge is -2.30. The zero-order valence-electron chi connectivity index (χ0n) is 14.7. The lowest BCUT2D eigenvalue weighted by Crippen LogP contribution is -2.43. The van der Waals surface area contributed by atoms with Gasteiger partial charge in [0.25, 0.3) is 5.91 Å². The summed E-state index contributed by atoms with van der Waals surface area (Å²) in [5.41, 5.74) is 0.207. The maximum absolute atomic E-state index is 12.8. The molecule has 0 spiro atoms. The van der Waals surface area contributed by atoms with E-state index in [2.05, 4.69) is 15.6 Å². The number of anilines is 1. The molecule has 27 heavy (non-hydrogen) atoms. The summed E-state index contributed by atoms with van der Waals surface area (Å²) in [7, 11) is 0. The topological polar surface area (TPSA) is 80.3 Å². The number of carbonyl (C=O) groups excluding carboxylic acids is 2. The number of rotatable bonds is 6. The lowest BCUT2D eigenvalue weighted by molar-refractivity contribution is -0.184. The van der Waals surface area contributed by atoms with Crippen LogP contribution in [0.3, 0.4) is 0 Å². The normalized spacial score (nSPS) is 22.8. The molecular weight excluding hydrogens is 363 g/mol. The number of nitrogens with zero attached hydrogens (tertiary/aromatic N) is 1. The molecule has 0 aliphatic heterocycles. The monoisotopic (exact) mass is 385 g/mol. The predicted molar refractivity (Wildman–Crippen MR) is 91.1 cm³/mol. The summed E-state index contributed by atoms with van der Waals surface area (Å²) in [6, 6.07) is 3.10. The summed E-state index contributed by atoms with van der Waals surface area (Å²) in [6.07, 6.45) is 0.166. The molecular formula is C18H22F3N3O3. The summed E-state index contributed by atoms with van der Waals surface area (Å²) >= 11 is 0. The molecule has 6 nitrogen and oxygen atoms in total. The number of pyridine rings is 1. The molecule has 2 fully saturated rings. The highest BCUT2D eigenvalue weighted by Gasteiger charge is 2.42. The molecule has 0 unspecified atom stereocenters. The van der Waals surface area contributed by atoms with Gasteiger partial charge in [0.15, 0.2) is 6.61 Å². The van der Waals surface area contributed by atoms with Crippen LogP contribution in [0.15, 0.2) is 18.3 Å². The van der Waals surface area contributed by atoms with Gasteiger partial charge in [-0.2, -0.15) is 13.2 Å². The Morgan fingerprint density at radius 3 is 2.56 bits per heavy atom. The predicted octanol–water partition coefficient (Wildman–Crippen LogP) is 3.05. The van der Waals surface area contributed by atoms with Crippen molar-refractivity contribution >= 4 is 17.7 Å². The van der Waals surface area contributed by atoms with Gasteiger partial charge in [-0.05, 0) is 44.2 Å². The summed E-state index contributed by atoms with van der Waals surface area (Å²) in [5.74, 6) is -2.03. The number of carbonyl (C=O) groups is 2. The molecule has 1 heterocycles. The zero-order chi connectivity index (χ0) is 19.4. The van der Waals surface area contributed by atoms with Crippen molar-refractivity contribution in [2.24, 2.45) is 5.92 Å². The second-order valence-corrected chi connectivity index (χ2v) is 7.10. The van der Waals surface area contributed by atoms with E-state index >= 15 is 0 Å². The van der Waals surface area contributed by atoms with Crippen LogP contribution in [0.1, 0.15) is 48.9 Å². The first-order valence-electron chi connectivity index (χ1n) is 9.07. The molecule has 0 aromatic carbocycles. The van der Waals surface area contributed by atoms with Crippen LogP contribution in [0.2, 0.25) is 0 Å². The third-order valence-electron chi connectivity index (χ3n) is 4.77. The molecule has 148 valence electrons. The summed E-state index contributed by atoms with van der Waals surface area (Å²) in [4.78, 5) is 28.0. The average Bonchev–Trinajstić information content (AvgIpc) is 3.44. The Morgan fingerprint density at radius 1 is 1.15 bits per heavy atom. The number of hydrogen-bond acceptors (Lipinski definition) is 5. The van der Waals surface area contributed by atoms with E-state index in [1.54, 1.807) is 12.1 Å². The molecule has 2 aliphatic carbocycles. The molecule has 3 rings (SSSR count). The van der Waals surface area contributed by atoms with E-state index in [1.807, 2.05) is 0 Å². The minimum absolute atomic E-state index is 0.0868. The minimum atomic E-state index is -4.25. The van der Waals surface area contributed by atoms with Gasteiger partial charge in [0.2, 0.25) is 0 Å². The molecule has 0 radical (unpaired) electrons.